The van der Waals surface area contributed by atoms with Crippen LogP contribution in [0.15, 0.2) is 60.3 Å². The first-order valence-corrected chi connectivity index (χ1v) is 8.25. The van der Waals surface area contributed by atoms with E-state index in [9.17, 15) is 4.79 Å². The first-order chi connectivity index (χ1) is 12.2. The molecule has 4 nitrogen and oxygen atoms in total. The third-order valence-corrected chi connectivity index (χ3v) is 4.35. The topological polar surface area (TPSA) is 51.2 Å². The minimum absolute atomic E-state index is 0.104. The van der Waals surface area contributed by atoms with E-state index in [1.807, 2.05) is 61.5 Å². The Balaban J connectivity index is 1.53. The molecule has 0 saturated carbocycles. The van der Waals surface area contributed by atoms with Crippen molar-refractivity contribution < 1.29 is 9.53 Å². The summed E-state index contributed by atoms with van der Waals surface area (Å²) in [6.07, 6.45) is 3.68. The summed E-state index contributed by atoms with van der Waals surface area (Å²) < 4.78 is 5.70. The molecule has 0 spiro atoms. The van der Waals surface area contributed by atoms with Crippen LogP contribution in [0, 0.1) is 6.92 Å². The van der Waals surface area contributed by atoms with Crippen molar-refractivity contribution in [3.8, 4) is 5.75 Å². The van der Waals surface area contributed by atoms with Crippen molar-refractivity contribution in [3.05, 3.63) is 77.0 Å². The number of benzene rings is 2. The molecule has 4 rings (SSSR count). The Morgan fingerprint density at radius 1 is 1.20 bits per heavy atom. The summed E-state index contributed by atoms with van der Waals surface area (Å²) in [6.45, 7) is 2.77. The molecule has 124 valence electrons. The molecule has 2 aromatic carbocycles. The Hall–Kier alpha value is -3.14. The average molecular weight is 330 g/mol. The molecule has 0 saturated heterocycles. The van der Waals surface area contributed by atoms with Crippen LogP contribution < -0.4 is 10.1 Å². The fraction of sp³-hybridized carbons (Fsp3) is 0.143. The molecule has 0 fully saturated rings. The summed E-state index contributed by atoms with van der Waals surface area (Å²) in [7, 11) is 0. The number of aromatic nitrogens is 1. The molecule has 0 atom stereocenters. The van der Waals surface area contributed by atoms with E-state index in [0.29, 0.717) is 18.7 Å². The van der Waals surface area contributed by atoms with Gasteiger partial charge in [-0.25, -0.2) is 0 Å². The van der Waals surface area contributed by atoms with Crippen molar-refractivity contribution in [2.45, 2.75) is 13.5 Å². The fourth-order valence-corrected chi connectivity index (χ4v) is 3.03. The zero-order chi connectivity index (χ0) is 17.2. The van der Waals surface area contributed by atoms with Gasteiger partial charge < -0.3 is 10.1 Å². The lowest BCUT2D eigenvalue weighted by Crippen LogP contribution is -2.28. The van der Waals surface area contributed by atoms with Crippen molar-refractivity contribution >= 4 is 22.9 Å². The van der Waals surface area contributed by atoms with Gasteiger partial charge in [0.1, 0.15) is 12.4 Å². The highest BCUT2D eigenvalue weighted by Gasteiger charge is 2.17. The summed E-state index contributed by atoms with van der Waals surface area (Å²) in [4.78, 5) is 16.9. The molecule has 1 N–H and O–H groups in total. The number of para-hydroxylation sites is 1. The van der Waals surface area contributed by atoms with Crippen LogP contribution in [0.3, 0.4) is 0 Å². The largest absolute Gasteiger partial charge is 0.488 e. The van der Waals surface area contributed by atoms with Gasteiger partial charge >= 0.3 is 0 Å². The predicted molar refractivity (Wildman–Crippen MR) is 98.2 cm³/mol. The van der Waals surface area contributed by atoms with Gasteiger partial charge in [0.05, 0.1) is 11.1 Å². The summed E-state index contributed by atoms with van der Waals surface area (Å²) >= 11 is 0. The van der Waals surface area contributed by atoms with E-state index < -0.39 is 0 Å². The maximum absolute atomic E-state index is 12.5. The zero-order valence-corrected chi connectivity index (χ0v) is 14.0. The number of carbonyl (C=O) groups excluding carboxylic acids is 1. The number of nitrogens with one attached hydrogen (secondary N) is 1. The number of hydrogen-bond acceptors (Lipinski definition) is 3. The molecule has 2 heterocycles. The highest BCUT2D eigenvalue weighted by atomic mass is 16.5. The van der Waals surface area contributed by atoms with Gasteiger partial charge in [0.25, 0.3) is 5.91 Å². The van der Waals surface area contributed by atoms with Gasteiger partial charge in [0.15, 0.2) is 0 Å². The Morgan fingerprint density at radius 2 is 2.08 bits per heavy atom. The van der Waals surface area contributed by atoms with Crippen molar-refractivity contribution in [3.63, 3.8) is 0 Å². The summed E-state index contributed by atoms with van der Waals surface area (Å²) in [5, 5.41) is 4.05. The van der Waals surface area contributed by atoms with E-state index in [4.69, 9.17) is 4.74 Å². The van der Waals surface area contributed by atoms with Crippen molar-refractivity contribution in [2.75, 3.05) is 6.61 Å². The molecule has 3 aromatic rings. The smallest absolute Gasteiger partial charge is 0.250 e. The first kappa shape index (κ1) is 15.4. The Morgan fingerprint density at radius 3 is 3.00 bits per heavy atom. The number of aryl methyl sites for hydroxylation is 1. The molecule has 0 unspecified atom stereocenters. The number of rotatable bonds is 3. The lowest BCUT2D eigenvalue weighted by molar-refractivity contribution is -0.117. The van der Waals surface area contributed by atoms with Gasteiger partial charge in [-0.3, -0.25) is 9.78 Å². The second-order valence-corrected chi connectivity index (χ2v) is 6.17. The number of hydrogen-bond donors (Lipinski definition) is 1. The molecule has 1 aliphatic rings. The minimum Gasteiger partial charge on any atom is -0.488 e. The van der Waals surface area contributed by atoms with Crippen LogP contribution in [-0.2, 0) is 11.3 Å². The van der Waals surface area contributed by atoms with Gasteiger partial charge in [-0.1, -0.05) is 29.8 Å². The van der Waals surface area contributed by atoms with Crippen molar-refractivity contribution in [1.29, 1.82) is 0 Å². The number of carbonyl (C=O) groups is 1. The van der Waals surface area contributed by atoms with Crippen LogP contribution in [0.5, 0.6) is 5.75 Å². The number of nitrogens with zero attached hydrogens (tertiary/aromatic N) is 1. The Bertz CT molecular complexity index is 987. The average Bonchev–Trinajstić information content (AvgIpc) is 2.65. The van der Waals surface area contributed by atoms with Gasteiger partial charge in [-0.2, -0.15) is 0 Å². The van der Waals surface area contributed by atoms with Crippen LogP contribution in [0.1, 0.15) is 16.7 Å². The van der Waals surface area contributed by atoms with E-state index in [1.54, 1.807) is 6.20 Å². The number of pyridine rings is 1. The van der Waals surface area contributed by atoms with Crippen molar-refractivity contribution in [2.24, 2.45) is 0 Å². The molecular formula is C21H18N2O2. The van der Waals surface area contributed by atoms with Crippen molar-refractivity contribution in [1.82, 2.24) is 10.3 Å². The fourth-order valence-electron chi connectivity index (χ4n) is 3.03. The van der Waals surface area contributed by atoms with Crippen LogP contribution in [0.2, 0.25) is 0 Å². The molecule has 1 aromatic heterocycles. The Labute approximate surface area is 146 Å². The molecule has 4 heteroatoms. The number of ether oxygens (including phenoxy) is 1. The van der Waals surface area contributed by atoms with Gasteiger partial charge in [0, 0.05) is 23.7 Å². The molecule has 0 aliphatic carbocycles. The van der Waals surface area contributed by atoms with Gasteiger partial charge in [-0.15, -0.1) is 0 Å². The highest BCUT2D eigenvalue weighted by Crippen LogP contribution is 2.27. The quantitative estimate of drug-likeness (QED) is 0.798. The normalized spacial score (nSPS) is 12.9. The molecule has 25 heavy (non-hydrogen) atoms. The van der Waals surface area contributed by atoms with E-state index in [1.165, 1.54) is 0 Å². The van der Waals surface area contributed by atoms with Gasteiger partial charge in [-0.05, 0) is 42.8 Å². The molecule has 1 amide bonds. The maximum atomic E-state index is 12.5. The second-order valence-electron chi connectivity index (χ2n) is 6.17. The molecular weight excluding hydrogens is 312 g/mol. The number of fused-ring (bicyclic) bond motifs is 2. The summed E-state index contributed by atoms with van der Waals surface area (Å²) in [6, 6.07) is 15.8. The third kappa shape index (κ3) is 3.11. The van der Waals surface area contributed by atoms with Crippen LogP contribution in [-0.4, -0.2) is 17.5 Å². The van der Waals surface area contributed by atoms with Gasteiger partial charge in [0.2, 0.25) is 0 Å². The lowest BCUT2D eigenvalue weighted by Gasteiger charge is -2.18. The zero-order valence-electron chi connectivity index (χ0n) is 14.0. The molecule has 0 bridgehead atoms. The second kappa shape index (κ2) is 6.40. The summed E-state index contributed by atoms with van der Waals surface area (Å²) in [5.41, 5.74) is 4.71. The Kier molecular flexibility index (Phi) is 3.94. The standard InChI is InChI=1S/C21H18N2O2/c1-14-6-7-20-16(10-14)11-17(13-25-20)21(24)23-12-15-8-9-22-19-5-3-2-4-18(15)19/h2-11H,12-13H2,1H3,(H,23,24). The monoisotopic (exact) mass is 330 g/mol. The van der Waals surface area contributed by atoms with Crippen LogP contribution in [0.4, 0.5) is 0 Å². The van der Waals surface area contributed by atoms with E-state index in [2.05, 4.69) is 10.3 Å². The summed E-state index contributed by atoms with van der Waals surface area (Å²) in [5.74, 6) is 0.718. The molecule has 1 aliphatic heterocycles. The predicted octanol–water partition coefficient (Wildman–Crippen LogP) is 3.64. The van der Waals surface area contributed by atoms with Crippen LogP contribution >= 0.6 is 0 Å². The minimum atomic E-state index is -0.104. The third-order valence-electron chi connectivity index (χ3n) is 4.35. The first-order valence-electron chi connectivity index (χ1n) is 8.25. The lowest BCUT2D eigenvalue weighted by atomic mass is 10.0. The van der Waals surface area contributed by atoms with E-state index >= 15 is 0 Å². The maximum Gasteiger partial charge on any atom is 0.250 e. The van der Waals surface area contributed by atoms with E-state index in [-0.39, 0.29) is 5.91 Å². The highest BCUT2D eigenvalue weighted by molar-refractivity contribution is 5.99. The number of amides is 1. The van der Waals surface area contributed by atoms with Crippen LogP contribution in [0.25, 0.3) is 17.0 Å². The molecule has 0 radical (unpaired) electrons. The SMILES string of the molecule is Cc1ccc2c(c1)C=C(C(=O)NCc1ccnc3ccccc13)CO2. The van der Waals surface area contributed by atoms with E-state index in [0.717, 1.165) is 33.3 Å².